The van der Waals surface area contributed by atoms with Gasteiger partial charge in [-0.3, -0.25) is 14.4 Å². The summed E-state index contributed by atoms with van der Waals surface area (Å²) in [4.78, 5) is 39.1. The highest BCUT2D eigenvalue weighted by molar-refractivity contribution is 5.86. The molecule has 0 aliphatic heterocycles. The molecule has 0 radical (unpaired) electrons. The second-order valence-corrected chi connectivity index (χ2v) is 11.6. The summed E-state index contributed by atoms with van der Waals surface area (Å²) in [5, 5.41) is 15.8. The van der Waals surface area contributed by atoms with Crippen LogP contribution >= 0.6 is 0 Å². The third kappa shape index (κ3) is 9.75. The molecule has 1 aromatic carbocycles. The molecule has 210 valence electrons. The quantitative estimate of drug-likeness (QED) is 0.231. The Labute approximate surface area is 228 Å². The highest BCUT2D eigenvalue weighted by Gasteiger charge is 2.36. The number of hydrogen-bond acceptors (Lipinski definition) is 5. The molecule has 0 saturated heterocycles. The monoisotopic (exact) mass is 526 g/mol. The van der Waals surface area contributed by atoms with E-state index in [9.17, 15) is 19.5 Å². The first-order chi connectivity index (χ1) is 18.0. The minimum Gasteiger partial charge on any atom is -0.463 e. The minimum absolute atomic E-state index is 0.00522. The maximum absolute atomic E-state index is 13.3. The largest absolute Gasteiger partial charge is 0.463 e. The fourth-order valence-electron chi connectivity index (χ4n) is 4.87. The number of hydrogen-bond donors (Lipinski definition) is 3. The third-order valence-electron chi connectivity index (χ3n) is 7.39. The van der Waals surface area contributed by atoms with Gasteiger partial charge in [0.25, 0.3) is 0 Å². The van der Waals surface area contributed by atoms with E-state index in [0.29, 0.717) is 19.3 Å². The molecule has 1 saturated carbocycles. The maximum Gasteiger partial charge on any atom is 0.309 e. The molecule has 3 N–H and O–H groups in total. The summed E-state index contributed by atoms with van der Waals surface area (Å²) in [6, 6.07) is 9.32. The van der Waals surface area contributed by atoms with Gasteiger partial charge in [-0.15, -0.1) is 13.2 Å². The summed E-state index contributed by atoms with van der Waals surface area (Å²) in [6.45, 7) is 13.4. The van der Waals surface area contributed by atoms with Gasteiger partial charge in [-0.25, -0.2) is 0 Å². The van der Waals surface area contributed by atoms with Crippen LogP contribution in [0.4, 0.5) is 0 Å². The number of benzene rings is 1. The molecule has 1 aliphatic rings. The molecule has 38 heavy (non-hydrogen) atoms. The van der Waals surface area contributed by atoms with Crippen molar-refractivity contribution in [3.8, 4) is 0 Å². The molecule has 1 aromatic rings. The number of carbonyl (C=O) groups is 3. The molecule has 2 amide bonds. The van der Waals surface area contributed by atoms with Crippen molar-refractivity contribution >= 4 is 17.8 Å². The van der Waals surface area contributed by atoms with Crippen molar-refractivity contribution in [1.29, 1.82) is 0 Å². The smallest absolute Gasteiger partial charge is 0.309 e. The van der Waals surface area contributed by atoms with Gasteiger partial charge in [0, 0.05) is 6.42 Å². The van der Waals surface area contributed by atoms with E-state index in [-0.39, 0.29) is 43.3 Å². The van der Waals surface area contributed by atoms with Crippen LogP contribution < -0.4 is 10.6 Å². The average Bonchev–Trinajstić information content (AvgIpc) is 3.34. The van der Waals surface area contributed by atoms with Crippen molar-refractivity contribution in [1.82, 2.24) is 10.6 Å². The molecule has 1 aliphatic carbocycles. The number of carbonyl (C=O) groups excluding carboxylic acids is 3. The van der Waals surface area contributed by atoms with Crippen molar-refractivity contribution in [3.63, 3.8) is 0 Å². The zero-order valence-corrected chi connectivity index (χ0v) is 23.3. The van der Waals surface area contributed by atoms with Crippen molar-refractivity contribution in [2.24, 2.45) is 17.3 Å². The summed E-state index contributed by atoms with van der Waals surface area (Å²) >= 11 is 0. The first kappa shape index (κ1) is 31.3. The maximum atomic E-state index is 13.3. The van der Waals surface area contributed by atoms with Crippen LogP contribution in [-0.4, -0.2) is 47.7 Å². The van der Waals surface area contributed by atoms with Gasteiger partial charge in [-0.1, -0.05) is 76.1 Å². The first-order valence-electron chi connectivity index (χ1n) is 13.7. The molecule has 2 rings (SSSR count). The topological polar surface area (TPSA) is 105 Å². The SMILES string of the molecule is C=CCC(CC(=O)NC1(CO)CCCC1)C(=O)NC(COC(=O)C(CC=C)Cc1ccccc1)C(C)(C)C. The lowest BCUT2D eigenvalue weighted by Crippen LogP contribution is -2.52. The number of ether oxygens (including phenoxy) is 1. The van der Waals surface area contributed by atoms with Crippen LogP contribution in [0.15, 0.2) is 55.6 Å². The van der Waals surface area contributed by atoms with E-state index >= 15 is 0 Å². The molecule has 0 spiro atoms. The highest BCUT2D eigenvalue weighted by Crippen LogP contribution is 2.29. The zero-order valence-electron chi connectivity index (χ0n) is 23.3. The number of rotatable bonds is 15. The molecule has 0 aromatic heterocycles. The van der Waals surface area contributed by atoms with E-state index in [1.807, 2.05) is 51.1 Å². The molecular weight excluding hydrogens is 480 g/mol. The lowest BCUT2D eigenvalue weighted by atomic mass is 9.86. The van der Waals surface area contributed by atoms with Gasteiger partial charge in [-0.05, 0) is 43.1 Å². The van der Waals surface area contributed by atoms with Crippen LogP contribution in [0.2, 0.25) is 0 Å². The van der Waals surface area contributed by atoms with Gasteiger partial charge >= 0.3 is 5.97 Å². The molecule has 1 fully saturated rings. The zero-order chi connectivity index (χ0) is 28.2. The fraction of sp³-hybridized carbons (Fsp3) is 0.581. The van der Waals surface area contributed by atoms with E-state index in [2.05, 4.69) is 23.8 Å². The van der Waals surface area contributed by atoms with Crippen LogP contribution in [0.25, 0.3) is 0 Å². The van der Waals surface area contributed by atoms with Crippen molar-refractivity contribution in [2.75, 3.05) is 13.2 Å². The van der Waals surface area contributed by atoms with Gasteiger partial charge in [0.1, 0.15) is 6.61 Å². The van der Waals surface area contributed by atoms with E-state index < -0.39 is 22.9 Å². The summed E-state index contributed by atoms with van der Waals surface area (Å²) < 4.78 is 5.73. The average molecular weight is 527 g/mol. The van der Waals surface area contributed by atoms with Gasteiger partial charge < -0.3 is 20.5 Å². The standard InChI is InChI=1S/C31H46N2O5/c1-6-13-24(20-27(35)33-31(22-34)17-11-12-18-31)28(36)32-26(30(3,4)5)21-38-29(37)25(14-7-2)19-23-15-9-8-10-16-23/h6-10,15-16,24-26,34H,1-2,11-14,17-22H2,3-5H3,(H,32,36)(H,33,35). The fourth-order valence-corrected chi connectivity index (χ4v) is 4.87. The number of esters is 1. The van der Waals surface area contributed by atoms with E-state index in [0.717, 1.165) is 31.2 Å². The Morgan fingerprint density at radius 2 is 1.66 bits per heavy atom. The lowest BCUT2D eigenvalue weighted by Gasteiger charge is -2.33. The molecule has 7 heteroatoms. The second-order valence-electron chi connectivity index (χ2n) is 11.6. The Bertz CT molecular complexity index is 931. The summed E-state index contributed by atoms with van der Waals surface area (Å²) in [6.07, 6.45) is 8.11. The molecule has 3 atom stereocenters. The molecule has 3 unspecified atom stereocenters. The van der Waals surface area contributed by atoms with E-state index in [4.69, 9.17) is 4.74 Å². The number of aliphatic hydroxyl groups is 1. The number of amides is 2. The van der Waals surface area contributed by atoms with Crippen molar-refractivity contribution in [2.45, 2.75) is 83.7 Å². The third-order valence-corrected chi connectivity index (χ3v) is 7.39. The van der Waals surface area contributed by atoms with Crippen LogP contribution in [-0.2, 0) is 25.5 Å². The Hall–Kier alpha value is -2.93. The molecule has 0 bridgehead atoms. The Morgan fingerprint density at radius 1 is 1.05 bits per heavy atom. The first-order valence-corrected chi connectivity index (χ1v) is 13.7. The number of nitrogens with one attached hydrogen (secondary N) is 2. The summed E-state index contributed by atoms with van der Waals surface area (Å²) in [5.41, 5.74) is 0.0636. The summed E-state index contributed by atoms with van der Waals surface area (Å²) in [5.74, 6) is -1.85. The van der Waals surface area contributed by atoms with E-state index in [1.165, 1.54) is 0 Å². The van der Waals surface area contributed by atoms with Crippen molar-refractivity contribution in [3.05, 3.63) is 61.2 Å². The minimum atomic E-state index is -0.614. The van der Waals surface area contributed by atoms with Crippen LogP contribution in [0, 0.1) is 17.3 Å². The lowest BCUT2D eigenvalue weighted by molar-refractivity contribution is -0.150. The Balaban J connectivity index is 2.02. The number of allylic oxidation sites excluding steroid dienone is 2. The molecule has 0 heterocycles. The van der Waals surface area contributed by atoms with Crippen LogP contribution in [0.3, 0.4) is 0 Å². The van der Waals surface area contributed by atoms with Gasteiger partial charge in [0.2, 0.25) is 11.8 Å². The highest BCUT2D eigenvalue weighted by atomic mass is 16.5. The molecular formula is C31H46N2O5. The van der Waals surface area contributed by atoms with Gasteiger partial charge in [-0.2, -0.15) is 0 Å². The van der Waals surface area contributed by atoms with Crippen molar-refractivity contribution < 1.29 is 24.2 Å². The van der Waals surface area contributed by atoms with Gasteiger partial charge in [0.05, 0.1) is 30.0 Å². The predicted octanol–water partition coefficient (Wildman–Crippen LogP) is 4.50. The second kappa shape index (κ2) is 14.9. The van der Waals surface area contributed by atoms with E-state index in [1.54, 1.807) is 12.2 Å². The molecule has 7 nitrogen and oxygen atoms in total. The Kier molecular flexibility index (Phi) is 12.2. The van der Waals surface area contributed by atoms with Crippen LogP contribution in [0.5, 0.6) is 0 Å². The van der Waals surface area contributed by atoms with Crippen LogP contribution in [0.1, 0.15) is 71.3 Å². The Morgan fingerprint density at radius 3 is 2.21 bits per heavy atom. The van der Waals surface area contributed by atoms with Gasteiger partial charge in [0.15, 0.2) is 0 Å². The summed E-state index contributed by atoms with van der Waals surface area (Å²) in [7, 11) is 0. The predicted molar refractivity (Wildman–Crippen MR) is 150 cm³/mol. The normalized spacial score (nSPS) is 17.1. The number of aliphatic hydroxyl groups excluding tert-OH is 1.